The fourth-order valence-electron chi connectivity index (χ4n) is 2.29. The molecule has 118 valence electrons. The van der Waals surface area contributed by atoms with Gasteiger partial charge < -0.3 is 10.6 Å². The number of fused-ring (bicyclic) bond motifs is 1. The van der Waals surface area contributed by atoms with Gasteiger partial charge in [0, 0.05) is 48.6 Å². The summed E-state index contributed by atoms with van der Waals surface area (Å²) in [6, 6.07) is 7.49. The zero-order chi connectivity index (χ0) is 16.2. The molecule has 0 radical (unpaired) electrons. The first-order valence-corrected chi connectivity index (χ1v) is 7.56. The number of hydrogen-bond donors (Lipinski definition) is 2. The van der Waals surface area contributed by atoms with Gasteiger partial charge in [0.15, 0.2) is 0 Å². The van der Waals surface area contributed by atoms with Crippen molar-refractivity contribution >= 4 is 34.1 Å². The van der Waals surface area contributed by atoms with Crippen molar-refractivity contribution in [2.24, 2.45) is 7.05 Å². The third-order valence-corrected chi connectivity index (χ3v) is 3.63. The summed E-state index contributed by atoms with van der Waals surface area (Å²) in [5.41, 5.74) is 2.35. The highest BCUT2D eigenvalue weighted by Crippen LogP contribution is 2.23. The number of carbonyl (C=O) groups is 1. The number of carbonyl (C=O) groups excluding carboxylic acids is 1. The van der Waals surface area contributed by atoms with Crippen molar-refractivity contribution in [3.63, 3.8) is 0 Å². The van der Waals surface area contributed by atoms with Crippen LogP contribution < -0.4 is 10.6 Å². The third-order valence-electron chi connectivity index (χ3n) is 3.40. The van der Waals surface area contributed by atoms with Gasteiger partial charge in [0.05, 0.1) is 17.3 Å². The van der Waals surface area contributed by atoms with E-state index in [1.54, 1.807) is 30.3 Å². The number of rotatable bonds is 5. The Balaban J connectivity index is 1.58. The highest BCUT2D eigenvalue weighted by molar-refractivity contribution is 6.31. The molecule has 2 aromatic heterocycles. The molecule has 2 heterocycles. The number of aryl methyl sites for hydroxylation is 1. The Kier molecular flexibility index (Phi) is 4.43. The first kappa shape index (κ1) is 15.3. The monoisotopic (exact) mass is 329 g/mol. The van der Waals surface area contributed by atoms with E-state index in [2.05, 4.69) is 20.7 Å². The van der Waals surface area contributed by atoms with Crippen molar-refractivity contribution in [2.45, 2.75) is 0 Å². The second-order valence-corrected chi connectivity index (χ2v) is 5.54. The average molecular weight is 330 g/mol. The Morgan fingerprint density at radius 2 is 2.17 bits per heavy atom. The van der Waals surface area contributed by atoms with Gasteiger partial charge in [-0.2, -0.15) is 5.10 Å². The van der Waals surface area contributed by atoms with E-state index in [1.165, 1.54) is 0 Å². The number of aromatic nitrogens is 3. The SMILES string of the molecule is Cn1cc(C(=O)NCCNc2ccnc3cc(Cl)ccc23)cn1. The molecule has 0 spiro atoms. The lowest BCUT2D eigenvalue weighted by atomic mass is 10.2. The minimum atomic E-state index is -0.133. The molecule has 3 aromatic rings. The molecule has 0 atom stereocenters. The van der Waals surface area contributed by atoms with Gasteiger partial charge in [0.25, 0.3) is 5.91 Å². The second-order valence-electron chi connectivity index (χ2n) is 5.11. The van der Waals surface area contributed by atoms with Crippen molar-refractivity contribution in [3.05, 3.63) is 53.4 Å². The van der Waals surface area contributed by atoms with Gasteiger partial charge >= 0.3 is 0 Å². The number of amides is 1. The molecule has 0 aliphatic heterocycles. The lowest BCUT2D eigenvalue weighted by Crippen LogP contribution is -2.28. The Morgan fingerprint density at radius 1 is 1.30 bits per heavy atom. The zero-order valence-corrected chi connectivity index (χ0v) is 13.3. The summed E-state index contributed by atoms with van der Waals surface area (Å²) >= 11 is 5.98. The van der Waals surface area contributed by atoms with Crippen LogP contribution >= 0.6 is 11.6 Å². The van der Waals surface area contributed by atoms with E-state index >= 15 is 0 Å². The maximum absolute atomic E-state index is 11.9. The first-order valence-electron chi connectivity index (χ1n) is 7.18. The number of nitrogens with zero attached hydrogens (tertiary/aromatic N) is 3. The quantitative estimate of drug-likeness (QED) is 0.705. The molecule has 1 aromatic carbocycles. The van der Waals surface area contributed by atoms with E-state index in [9.17, 15) is 4.79 Å². The van der Waals surface area contributed by atoms with Crippen LogP contribution in [-0.4, -0.2) is 33.8 Å². The van der Waals surface area contributed by atoms with Crippen LogP contribution in [0.1, 0.15) is 10.4 Å². The van der Waals surface area contributed by atoms with Crippen LogP contribution in [0, 0.1) is 0 Å². The number of halogens is 1. The fraction of sp³-hybridized carbons (Fsp3) is 0.188. The second kappa shape index (κ2) is 6.66. The van der Waals surface area contributed by atoms with E-state index in [0.29, 0.717) is 23.7 Å². The largest absolute Gasteiger partial charge is 0.383 e. The minimum Gasteiger partial charge on any atom is -0.383 e. The molecular weight excluding hydrogens is 314 g/mol. The number of hydrogen-bond acceptors (Lipinski definition) is 4. The van der Waals surface area contributed by atoms with Gasteiger partial charge in [-0.15, -0.1) is 0 Å². The van der Waals surface area contributed by atoms with Crippen LogP contribution in [0.3, 0.4) is 0 Å². The van der Waals surface area contributed by atoms with E-state index in [4.69, 9.17) is 11.6 Å². The molecule has 0 saturated carbocycles. The molecule has 0 unspecified atom stereocenters. The fourth-order valence-corrected chi connectivity index (χ4v) is 2.46. The van der Waals surface area contributed by atoms with Crippen LogP contribution in [0.25, 0.3) is 10.9 Å². The van der Waals surface area contributed by atoms with Crippen LogP contribution in [-0.2, 0) is 7.05 Å². The summed E-state index contributed by atoms with van der Waals surface area (Å²) in [4.78, 5) is 16.2. The van der Waals surface area contributed by atoms with E-state index in [1.807, 2.05) is 24.3 Å². The normalized spacial score (nSPS) is 10.7. The summed E-state index contributed by atoms with van der Waals surface area (Å²) in [6.07, 6.45) is 4.96. The molecule has 2 N–H and O–H groups in total. The molecule has 23 heavy (non-hydrogen) atoms. The highest BCUT2D eigenvalue weighted by Gasteiger charge is 2.07. The van der Waals surface area contributed by atoms with E-state index < -0.39 is 0 Å². The maximum atomic E-state index is 11.9. The topological polar surface area (TPSA) is 71.8 Å². The zero-order valence-electron chi connectivity index (χ0n) is 12.6. The van der Waals surface area contributed by atoms with Crippen molar-refractivity contribution in [1.29, 1.82) is 0 Å². The molecule has 0 fully saturated rings. The molecule has 0 bridgehead atoms. The molecule has 1 amide bonds. The van der Waals surface area contributed by atoms with Crippen LogP contribution in [0.2, 0.25) is 5.02 Å². The summed E-state index contributed by atoms with van der Waals surface area (Å²) in [5.74, 6) is -0.133. The Morgan fingerprint density at radius 3 is 2.96 bits per heavy atom. The predicted molar refractivity (Wildman–Crippen MR) is 90.8 cm³/mol. The van der Waals surface area contributed by atoms with E-state index in [-0.39, 0.29) is 5.91 Å². The van der Waals surface area contributed by atoms with Gasteiger partial charge in [-0.25, -0.2) is 0 Å². The molecule has 6 nitrogen and oxygen atoms in total. The third kappa shape index (κ3) is 3.60. The summed E-state index contributed by atoms with van der Waals surface area (Å²) < 4.78 is 1.60. The first-order chi connectivity index (χ1) is 11.1. The number of nitrogens with one attached hydrogen (secondary N) is 2. The average Bonchev–Trinajstić information content (AvgIpc) is 2.97. The summed E-state index contributed by atoms with van der Waals surface area (Å²) in [5, 5.41) is 11.8. The molecular formula is C16H16ClN5O. The van der Waals surface area contributed by atoms with Crippen molar-refractivity contribution in [1.82, 2.24) is 20.1 Å². The lowest BCUT2D eigenvalue weighted by Gasteiger charge is -2.10. The highest BCUT2D eigenvalue weighted by atomic mass is 35.5. The predicted octanol–water partition coefficient (Wildman–Crippen LogP) is 2.46. The molecule has 0 saturated heterocycles. The van der Waals surface area contributed by atoms with Crippen LogP contribution in [0.5, 0.6) is 0 Å². The minimum absolute atomic E-state index is 0.133. The smallest absolute Gasteiger partial charge is 0.254 e. The van der Waals surface area contributed by atoms with Gasteiger partial charge in [-0.1, -0.05) is 11.6 Å². The summed E-state index contributed by atoms with van der Waals surface area (Å²) in [6.45, 7) is 1.11. The van der Waals surface area contributed by atoms with Gasteiger partial charge in [0.2, 0.25) is 0 Å². The molecule has 0 aliphatic rings. The summed E-state index contributed by atoms with van der Waals surface area (Å²) in [7, 11) is 1.78. The number of anilines is 1. The molecule has 3 rings (SSSR count). The maximum Gasteiger partial charge on any atom is 0.254 e. The Labute approximate surface area is 138 Å². The molecule has 0 aliphatic carbocycles. The Bertz CT molecular complexity index is 845. The van der Waals surface area contributed by atoms with Crippen LogP contribution in [0.4, 0.5) is 5.69 Å². The van der Waals surface area contributed by atoms with Crippen molar-refractivity contribution < 1.29 is 4.79 Å². The van der Waals surface area contributed by atoms with E-state index in [0.717, 1.165) is 16.6 Å². The van der Waals surface area contributed by atoms with Gasteiger partial charge in [-0.3, -0.25) is 14.5 Å². The van der Waals surface area contributed by atoms with Crippen molar-refractivity contribution in [3.8, 4) is 0 Å². The van der Waals surface area contributed by atoms with Crippen LogP contribution in [0.15, 0.2) is 42.9 Å². The lowest BCUT2D eigenvalue weighted by molar-refractivity contribution is 0.0955. The van der Waals surface area contributed by atoms with Gasteiger partial charge in [-0.05, 0) is 24.3 Å². The standard InChI is InChI=1S/C16H16ClN5O/c1-22-10-11(9-21-22)16(23)20-7-6-19-14-4-5-18-15-8-12(17)2-3-13(14)15/h2-5,8-10H,6-7H2,1H3,(H,18,19)(H,20,23). The van der Waals surface area contributed by atoms with Gasteiger partial charge in [0.1, 0.15) is 0 Å². The Hall–Kier alpha value is -2.60. The number of benzene rings is 1. The molecule has 7 heteroatoms. The van der Waals surface area contributed by atoms with Crippen molar-refractivity contribution in [2.75, 3.05) is 18.4 Å². The number of pyridine rings is 1.